The molecule has 4 rings (SSSR count). The number of halogens is 1. The standard InChI is InChI=1S/C23H23BrN2O3S/c24-15-6-8-16-13(9-15)5-7-18(16)19(12-30)22(27)26-21(23(28)29)10-14-11-25-20-4-2-1-3-17(14)20/h1-4,6,8-9,11,18-19,21,25,30H,5,7,10,12H2,(H,26,27)(H,28,29)/t18-,19-,21+/m0/s1. The Bertz CT molecular complexity index is 1100. The molecule has 0 unspecified atom stereocenters. The smallest absolute Gasteiger partial charge is 0.326 e. The summed E-state index contributed by atoms with van der Waals surface area (Å²) < 4.78 is 1.03. The van der Waals surface area contributed by atoms with Gasteiger partial charge in [-0.3, -0.25) is 4.79 Å². The van der Waals surface area contributed by atoms with Crippen molar-refractivity contribution in [3.05, 3.63) is 69.8 Å². The number of para-hydroxylation sites is 1. The van der Waals surface area contributed by atoms with Gasteiger partial charge in [0, 0.05) is 33.7 Å². The summed E-state index contributed by atoms with van der Waals surface area (Å²) >= 11 is 7.93. The van der Waals surface area contributed by atoms with Crippen molar-refractivity contribution in [2.75, 3.05) is 5.75 Å². The largest absolute Gasteiger partial charge is 0.480 e. The number of amides is 1. The predicted octanol–water partition coefficient (Wildman–Crippen LogP) is 4.32. The van der Waals surface area contributed by atoms with Crippen LogP contribution in [0.5, 0.6) is 0 Å². The van der Waals surface area contributed by atoms with Crippen LogP contribution >= 0.6 is 28.6 Å². The Morgan fingerprint density at radius 1 is 1.27 bits per heavy atom. The average molecular weight is 487 g/mol. The van der Waals surface area contributed by atoms with E-state index in [1.165, 1.54) is 5.56 Å². The number of carboxylic acid groups (broad SMARTS) is 1. The first-order valence-electron chi connectivity index (χ1n) is 9.95. The third-order valence-corrected chi connectivity index (χ3v) is 6.85. The Kier molecular flexibility index (Phi) is 6.20. The molecule has 2 aromatic carbocycles. The molecular weight excluding hydrogens is 464 g/mol. The molecule has 3 atom stereocenters. The molecule has 1 aliphatic rings. The summed E-state index contributed by atoms with van der Waals surface area (Å²) in [5.41, 5.74) is 4.22. The predicted molar refractivity (Wildman–Crippen MR) is 124 cm³/mol. The van der Waals surface area contributed by atoms with Gasteiger partial charge in [0.15, 0.2) is 0 Å². The van der Waals surface area contributed by atoms with Gasteiger partial charge in [-0.15, -0.1) is 0 Å². The molecule has 0 radical (unpaired) electrons. The molecule has 1 heterocycles. The van der Waals surface area contributed by atoms with E-state index in [-0.39, 0.29) is 24.2 Å². The van der Waals surface area contributed by atoms with E-state index in [9.17, 15) is 14.7 Å². The van der Waals surface area contributed by atoms with Crippen molar-refractivity contribution >= 4 is 51.3 Å². The average Bonchev–Trinajstić information content (AvgIpc) is 3.32. The molecule has 0 saturated heterocycles. The molecule has 0 bridgehead atoms. The molecule has 5 nitrogen and oxygen atoms in total. The zero-order chi connectivity index (χ0) is 21.3. The Morgan fingerprint density at radius 2 is 2.07 bits per heavy atom. The first-order chi connectivity index (χ1) is 14.5. The van der Waals surface area contributed by atoms with Crippen LogP contribution in [0.25, 0.3) is 10.9 Å². The molecule has 1 aromatic heterocycles. The molecule has 0 spiro atoms. The van der Waals surface area contributed by atoms with Gasteiger partial charge in [-0.2, -0.15) is 12.6 Å². The van der Waals surface area contributed by atoms with E-state index in [0.717, 1.165) is 39.3 Å². The van der Waals surface area contributed by atoms with E-state index in [1.807, 2.05) is 36.5 Å². The van der Waals surface area contributed by atoms with E-state index >= 15 is 0 Å². The number of H-pyrrole nitrogens is 1. The fourth-order valence-corrected chi connectivity index (χ4v) is 5.26. The summed E-state index contributed by atoms with van der Waals surface area (Å²) in [6.07, 6.45) is 3.81. The first-order valence-corrected chi connectivity index (χ1v) is 11.4. The highest BCUT2D eigenvalue weighted by atomic mass is 79.9. The SMILES string of the molecule is O=C(N[C@H](Cc1c[nH]c2ccccc12)C(=O)O)[C@@H](CS)[C@H]1CCc2cc(Br)ccc21. The number of aliphatic carboxylic acids is 1. The third-order valence-electron chi connectivity index (χ3n) is 5.96. The zero-order valence-electron chi connectivity index (χ0n) is 16.3. The van der Waals surface area contributed by atoms with Gasteiger partial charge in [-0.1, -0.05) is 40.2 Å². The fourth-order valence-electron chi connectivity index (χ4n) is 4.43. The van der Waals surface area contributed by atoms with E-state index < -0.39 is 12.0 Å². The minimum absolute atomic E-state index is 0.0492. The Labute approximate surface area is 188 Å². The van der Waals surface area contributed by atoms with E-state index in [4.69, 9.17) is 0 Å². The van der Waals surface area contributed by atoms with E-state index in [1.54, 1.807) is 0 Å². The van der Waals surface area contributed by atoms with Gasteiger partial charge in [0.1, 0.15) is 6.04 Å². The number of aromatic nitrogens is 1. The van der Waals surface area contributed by atoms with Crippen LogP contribution in [-0.2, 0) is 22.4 Å². The van der Waals surface area contributed by atoms with Gasteiger partial charge in [0.05, 0.1) is 5.92 Å². The molecule has 0 saturated carbocycles. The van der Waals surface area contributed by atoms with Crippen LogP contribution < -0.4 is 5.32 Å². The lowest BCUT2D eigenvalue weighted by atomic mass is 9.87. The lowest BCUT2D eigenvalue weighted by Gasteiger charge is -2.24. The molecule has 156 valence electrons. The number of aromatic amines is 1. The molecule has 7 heteroatoms. The van der Waals surface area contributed by atoms with Crippen molar-refractivity contribution in [3.63, 3.8) is 0 Å². The second-order valence-corrected chi connectivity index (χ2v) is 9.02. The second kappa shape index (κ2) is 8.86. The van der Waals surface area contributed by atoms with Crippen molar-refractivity contribution < 1.29 is 14.7 Å². The maximum absolute atomic E-state index is 13.1. The minimum Gasteiger partial charge on any atom is -0.480 e. The number of aryl methyl sites for hydroxylation is 1. The summed E-state index contributed by atoms with van der Waals surface area (Å²) in [6, 6.07) is 12.9. The molecule has 1 aliphatic carbocycles. The number of benzene rings is 2. The number of fused-ring (bicyclic) bond motifs is 2. The molecule has 3 aromatic rings. The zero-order valence-corrected chi connectivity index (χ0v) is 18.7. The van der Waals surface area contributed by atoms with Crippen LogP contribution in [0.3, 0.4) is 0 Å². The lowest BCUT2D eigenvalue weighted by molar-refractivity contribution is -0.142. The Balaban J connectivity index is 1.52. The van der Waals surface area contributed by atoms with Gasteiger partial charge < -0.3 is 15.4 Å². The molecule has 0 fully saturated rings. The van der Waals surface area contributed by atoms with Crippen LogP contribution in [0.2, 0.25) is 0 Å². The monoisotopic (exact) mass is 486 g/mol. The quantitative estimate of drug-likeness (QED) is 0.375. The number of hydrogen-bond acceptors (Lipinski definition) is 3. The normalized spacial score (nSPS) is 17.5. The third kappa shape index (κ3) is 4.14. The summed E-state index contributed by atoms with van der Waals surface area (Å²) in [5, 5.41) is 13.5. The highest BCUT2D eigenvalue weighted by Gasteiger charge is 2.35. The second-order valence-electron chi connectivity index (χ2n) is 7.74. The van der Waals surface area contributed by atoms with Crippen LogP contribution in [0.4, 0.5) is 0 Å². The molecular formula is C23H23BrN2O3S. The minimum atomic E-state index is -1.04. The van der Waals surface area contributed by atoms with Crippen LogP contribution in [0.1, 0.15) is 29.0 Å². The van der Waals surface area contributed by atoms with Crippen molar-refractivity contribution in [1.82, 2.24) is 10.3 Å². The first kappa shape index (κ1) is 21.0. The van der Waals surface area contributed by atoms with Crippen LogP contribution in [-0.4, -0.2) is 33.8 Å². The number of nitrogens with one attached hydrogen (secondary N) is 2. The maximum atomic E-state index is 13.1. The number of carbonyl (C=O) groups excluding carboxylic acids is 1. The number of rotatable bonds is 7. The highest BCUT2D eigenvalue weighted by molar-refractivity contribution is 9.10. The number of carbonyl (C=O) groups is 2. The topological polar surface area (TPSA) is 82.2 Å². The lowest BCUT2D eigenvalue weighted by Crippen LogP contribution is -2.46. The van der Waals surface area contributed by atoms with E-state index in [0.29, 0.717) is 5.75 Å². The number of carboxylic acids is 1. The van der Waals surface area contributed by atoms with Crippen LogP contribution in [0.15, 0.2) is 53.1 Å². The Hall–Kier alpha value is -2.25. The van der Waals surface area contributed by atoms with Crippen molar-refractivity contribution in [2.45, 2.75) is 31.2 Å². The molecule has 30 heavy (non-hydrogen) atoms. The highest BCUT2D eigenvalue weighted by Crippen LogP contribution is 2.40. The van der Waals surface area contributed by atoms with Gasteiger partial charge in [-0.25, -0.2) is 4.79 Å². The van der Waals surface area contributed by atoms with Crippen LogP contribution in [0, 0.1) is 5.92 Å². The van der Waals surface area contributed by atoms with Gasteiger partial charge in [0.25, 0.3) is 0 Å². The summed E-state index contributed by atoms with van der Waals surface area (Å²) in [6.45, 7) is 0. The molecule has 0 aliphatic heterocycles. The molecule has 3 N–H and O–H groups in total. The fraction of sp³-hybridized carbons (Fsp3) is 0.304. The van der Waals surface area contributed by atoms with E-state index in [2.05, 4.69) is 51.0 Å². The van der Waals surface area contributed by atoms with Crippen molar-refractivity contribution in [3.8, 4) is 0 Å². The number of thiol groups is 1. The van der Waals surface area contributed by atoms with Crippen molar-refractivity contribution in [2.24, 2.45) is 5.92 Å². The van der Waals surface area contributed by atoms with Crippen molar-refractivity contribution in [1.29, 1.82) is 0 Å². The van der Waals surface area contributed by atoms with Gasteiger partial charge in [-0.05, 0) is 53.6 Å². The molecule has 1 amide bonds. The maximum Gasteiger partial charge on any atom is 0.326 e. The van der Waals surface area contributed by atoms with Gasteiger partial charge >= 0.3 is 5.97 Å². The summed E-state index contributed by atoms with van der Waals surface area (Å²) in [4.78, 5) is 28.2. The van der Waals surface area contributed by atoms with Gasteiger partial charge in [0.2, 0.25) is 5.91 Å². The summed E-state index contributed by atoms with van der Waals surface area (Å²) in [5.74, 6) is -1.25. The summed E-state index contributed by atoms with van der Waals surface area (Å²) in [7, 11) is 0. The Morgan fingerprint density at radius 3 is 2.83 bits per heavy atom. The number of hydrogen-bond donors (Lipinski definition) is 4.